The van der Waals surface area contributed by atoms with E-state index in [-0.39, 0.29) is 17.0 Å². The van der Waals surface area contributed by atoms with Crippen molar-refractivity contribution in [2.75, 3.05) is 44.6 Å². The normalized spacial score (nSPS) is 22.2. The van der Waals surface area contributed by atoms with Crippen LogP contribution in [0.3, 0.4) is 0 Å². The quantitative estimate of drug-likeness (QED) is 0.810. The number of hydrogen-bond donors (Lipinski definition) is 2. The Morgan fingerprint density at radius 3 is 2.73 bits per heavy atom. The molecule has 3 N–H and O–H groups in total. The van der Waals surface area contributed by atoms with Gasteiger partial charge in [0, 0.05) is 31.9 Å². The highest BCUT2D eigenvalue weighted by Crippen LogP contribution is 2.16. The predicted molar refractivity (Wildman–Crippen MR) is 98.4 cm³/mol. The lowest BCUT2D eigenvalue weighted by Crippen LogP contribution is -2.43. The summed E-state index contributed by atoms with van der Waals surface area (Å²) in [5, 5.41) is 7.91. The predicted octanol–water partition coefficient (Wildman–Crippen LogP) is 1.05. The maximum atomic E-state index is 12.6. The van der Waals surface area contributed by atoms with E-state index in [1.54, 1.807) is 17.0 Å². The number of hydrogen-bond acceptors (Lipinski definition) is 5. The molecule has 0 radical (unpaired) electrons. The van der Waals surface area contributed by atoms with Crippen molar-refractivity contribution in [3.63, 3.8) is 0 Å². The Labute approximate surface area is 154 Å². The van der Waals surface area contributed by atoms with Crippen LogP contribution < -0.4 is 10.5 Å². The molecule has 0 bridgehead atoms. The number of likely N-dealkylation sites (tertiary alicyclic amines) is 1. The van der Waals surface area contributed by atoms with Gasteiger partial charge in [0.15, 0.2) is 0 Å². The molecule has 26 heavy (non-hydrogen) atoms. The number of urea groups is 1. The van der Waals surface area contributed by atoms with Gasteiger partial charge >= 0.3 is 6.03 Å². The SMILES string of the molecule is NS(=O)(=O)c1cccc(NC(=O)N2CCCO[C@@H](CN3CCCC3)C2)c1. The minimum absolute atomic E-state index is 0.00268. The van der Waals surface area contributed by atoms with Gasteiger partial charge in [0.1, 0.15) is 0 Å². The summed E-state index contributed by atoms with van der Waals surface area (Å²) in [4.78, 5) is 16.7. The van der Waals surface area contributed by atoms with E-state index in [0.29, 0.717) is 25.4 Å². The summed E-state index contributed by atoms with van der Waals surface area (Å²) in [7, 11) is -3.80. The fourth-order valence-corrected chi connectivity index (χ4v) is 3.96. The highest BCUT2D eigenvalue weighted by Gasteiger charge is 2.25. The van der Waals surface area contributed by atoms with E-state index in [4.69, 9.17) is 9.88 Å². The maximum absolute atomic E-state index is 12.6. The molecule has 0 aromatic heterocycles. The zero-order valence-corrected chi connectivity index (χ0v) is 15.6. The van der Waals surface area contributed by atoms with E-state index >= 15 is 0 Å². The third-order valence-corrected chi connectivity index (χ3v) is 5.62. The second-order valence-electron chi connectivity index (χ2n) is 6.80. The Morgan fingerprint density at radius 1 is 1.23 bits per heavy atom. The van der Waals surface area contributed by atoms with E-state index in [1.807, 2.05) is 0 Å². The van der Waals surface area contributed by atoms with Crippen LogP contribution in [0.5, 0.6) is 0 Å². The van der Waals surface area contributed by atoms with Gasteiger partial charge in [0.25, 0.3) is 0 Å². The summed E-state index contributed by atoms with van der Waals surface area (Å²) in [6, 6.07) is 5.70. The zero-order valence-electron chi connectivity index (χ0n) is 14.8. The molecule has 1 aromatic carbocycles. The van der Waals surface area contributed by atoms with Gasteiger partial charge in [0.2, 0.25) is 10.0 Å². The number of rotatable bonds is 4. The van der Waals surface area contributed by atoms with Crippen molar-refractivity contribution < 1.29 is 17.9 Å². The molecule has 0 saturated carbocycles. The Hall–Kier alpha value is -1.68. The van der Waals surface area contributed by atoms with Gasteiger partial charge in [-0.15, -0.1) is 0 Å². The number of nitrogens with two attached hydrogens (primary N) is 1. The van der Waals surface area contributed by atoms with E-state index < -0.39 is 10.0 Å². The lowest BCUT2D eigenvalue weighted by molar-refractivity contribution is 0.0355. The lowest BCUT2D eigenvalue weighted by Gasteiger charge is -2.27. The summed E-state index contributed by atoms with van der Waals surface area (Å²) in [6.07, 6.45) is 3.22. The van der Waals surface area contributed by atoms with Crippen molar-refractivity contribution in [1.29, 1.82) is 0 Å². The van der Waals surface area contributed by atoms with E-state index in [1.165, 1.54) is 25.0 Å². The molecule has 2 amide bonds. The first-order valence-corrected chi connectivity index (χ1v) is 10.5. The number of benzene rings is 1. The summed E-state index contributed by atoms with van der Waals surface area (Å²) >= 11 is 0. The van der Waals surface area contributed by atoms with Crippen LogP contribution in [-0.4, -0.2) is 69.7 Å². The van der Waals surface area contributed by atoms with Crippen LogP contribution in [0.1, 0.15) is 19.3 Å². The van der Waals surface area contributed by atoms with Gasteiger partial charge in [-0.2, -0.15) is 0 Å². The topological polar surface area (TPSA) is 105 Å². The molecule has 0 aliphatic carbocycles. The van der Waals surface area contributed by atoms with Crippen LogP contribution in [0.4, 0.5) is 10.5 Å². The molecule has 144 valence electrons. The van der Waals surface area contributed by atoms with Crippen LogP contribution >= 0.6 is 0 Å². The molecule has 2 aliphatic rings. The maximum Gasteiger partial charge on any atom is 0.321 e. The number of carbonyl (C=O) groups is 1. The first-order valence-electron chi connectivity index (χ1n) is 8.94. The van der Waals surface area contributed by atoms with Crippen molar-refractivity contribution in [3.8, 4) is 0 Å². The first-order chi connectivity index (χ1) is 12.4. The Kier molecular flexibility index (Phi) is 6.13. The second-order valence-corrected chi connectivity index (χ2v) is 8.36. The zero-order chi connectivity index (χ0) is 18.6. The molecular weight excluding hydrogens is 356 g/mol. The molecule has 8 nitrogen and oxygen atoms in total. The second kappa shape index (κ2) is 8.34. The molecule has 0 unspecified atom stereocenters. The minimum Gasteiger partial charge on any atom is -0.375 e. The number of carbonyl (C=O) groups excluding carboxylic acids is 1. The van der Waals surface area contributed by atoms with Gasteiger partial charge in [0.05, 0.1) is 11.0 Å². The summed E-state index contributed by atoms with van der Waals surface area (Å²) in [6.45, 7) is 4.79. The van der Waals surface area contributed by atoms with E-state index in [0.717, 1.165) is 26.1 Å². The van der Waals surface area contributed by atoms with Crippen molar-refractivity contribution in [3.05, 3.63) is 24.3 Å². The number of sulfonamides is 1. The average Bonchev–Trinajstić information content (AvgIpc) is 2.98. The van der Waals surface area contributed by atoms with Gasteiger partial charge in [-0.25, -0.2) is 18.4 Å². The highest BCUT2D eigenvalue weighted by atomic mass is 32.2. The molecule has 9 heteroatoms. The summed E-state index contributed by atoms with van der Waals surface area (Å²) in [5.74, 6) is 0. The standard InChI is InChI=1S/C17H26N4O4S/c18-26(23,24)16-6-3-5-14(11-16)19-17(22)21-9-4-10-25-15(13-21)12-20-7-1-2-8-20/h3,5-6,11,15H,1-2,4,7-10,12-13H2,(H,19,22)(H2,18,23,24)/t15-/m0/s1. The molecule has 2 heterocycles. The lowest BCUT2D eigenvalue weighted by atomic mass is 10.3. The van der Waals surface area contributed by atoms with Gasteiger partial charge in [-0.1, -0.05) is 6.07 Å². The average molecular weight is 382 g/mol. The summed E-state index contributed by atoms with van der Waals surface area (Å²) < 4.78 is 28.8. The number of ether oxygens (including phenoxy) is 1. The smallest absolute Gasteiger partial charge is 0.321 e. The third-order valence-electron chi connectivity index (χ3n) is 4.71. The summed E-state index contributed by atoms with van der Waals surface area (Å²) in [5.41, 5.74) is 0.405. The fraction of sp³-hybridized carbons (Fsp3) is 0.588. The molecule has 1 aromatic rings. The van der Waals surface area contributed by atoms with Gasteiger partial charge < -0.3 is 19.9 Å². The monoisotopic (exact) mass is 382 g/mol. The number of amides is 2. The van der Waals surface area contributed by atoms with E-state index in [2.05, 4.69) is 10.2 Å². The number of primary sulfonamides is 1. The van der Waals surface area contributed by atoms with Crippen molar-refractivity contribution >= 4 is 21.7 Å². The van der Waals surface area contributed by atoms with Gasteiger partial charge in [-0.3, -0.25) is 0 Å². The Balaban J connectivity index is 1.62. The molecule has 2 aliphatic heterocycles. The van der Waals surface area contributed by atoms with Crippen molar-refractivity contribution in [1.82, 2.24) is 9.80 Å². The molecule has 0 spiro atoms. The number of anilines is 1. The molecule has 3 rings (SSSR count). The number of nitrogens with one attached hydrogen (secondary N) is 1. The Morgan fingerprint density at radius 2 is 2.00 bits per heavy atom. The van der Waals surface area contributed by atoms with Crippen LogP contribution in [0.25, 0.3) is 0 Å². The Bertz CT molecular complexity index is 734. The first kappa shape index (κ1) is 19.1. The van der Waals surface area contributed by atoms with Crippen LogP contribution in [0.2, 0.25) is 0 Å². The molecule has 2 saturated heterocycles. The van der Waals surface area contributed by atoms with Gasteiger partial charge in [-0.05, 0) is 50.6 Å². The van der Waals surface area contributed by atoms with Crippen LogP contribution in [0.15, 0.2) is 29.2 Å². The number of nitrogens with zero attached hydrogens (tertiary/aromatic N) is 2. The van der Waals surface area contributed by atoms with Crippen molar-refractivity contribution in [2.45, 2.75) is 30.3 Å². The largest absolute Gasteiger partial charge is 0.375 e. The molecule has 2 fully saturated rings. The molecular formula is C17H26N4O4S. The minimum atomic E-state index is -3.80. The highest BCUT2D eigenvalue weighted by molar-refractivity contribution is 7.89. The third kappa shape index (κ3) is 5.16. The fourth-order valence-electron chi connectivity index (χ4n) is 3.40. The molecule has 1 atom stereocenters. The van der Waals surface area contributed by atoms with Crippen molar-refractivity contribution in [2.24, 2.45) is 5.14 Å². The van der Waals surface area contributed by atoms with Crippen LogP contribution in [0, 0.1) is 0 Å². The van der Waals surface area contributed by atoms with E-state index in [9.17, 15) is 13.2 Å². The van der Waals surface area contributed by atoms with Crippen LogP contribution in [-0.2, 0) is 14.8 Å².